The first kappa shape index (κ1) is 5.24. The third-order valence-electron chi connectivity index (χ3n) is 0.970. The van der Waals surface area contributed by atoms with E-state index in [0.29, 0.717) is 0 Å². The van der Waals surface area contributed by atoms with Crippen molar-refractivity contribution < 1.29 is 5.11 Å². The zero-order valence-corrected chi connectivity index (χ0v) is 4.57. The number of nitrogens with zero attached hydrogens (tertiary/aromatic N) is 3. The van der Waals surface area contributed by atoms with Crippen LogP contribution in [0.2, 0.25) is 0 Å². The maximum atomic E-state index is 8.51. The molecule has 1 N–H and O–H groups in total. The average Bonchev–Trinajstić information content (AvgIpc) is 2.14. The van der Waals surface area contributed by atoms with Crippen LogP contribution in [0.4, 0.5) is 0 Å². The molecule has 0 amide bonds. The minimum Gasteiger partial charge on any atom is -0.390 e. The first-order valence-corrected chi connectivity index (χ1v) is 2.29. The minimum absolute atomic E-state index is 0.00347. The van der Waals surface area contributed by atoms with Crippen LogP contribution in [0.1, 0.15) is 5.69 Å². The Hall–Kier alpha value is -0.900. The van der Waals surface area contributed by atoms with Crippen molar-refractivity contribution in [1.29, 1.82) is 0 Å². The second-order valence-electron chi connectivity index (χ2n) is 1.51. The number of rotatable bonds is 1. The van der Waals surface area contributed by atoms with Gasteiger partial charge < -0.3 is 5.11 Å². The summed E-state index contributed by atoms with van der Waals surface area (Å²) in [7, 11) is 1.73. The molecule has 0 saturated carbocycles. The van der Waals surface area contributed by atoms with Gasteiger partial charge in [-0.25, -0.2) is 0 Å². The van der Waals surface area contributed by atoms with Gasteiger partial charge in [-0.1, -0.05) is 5.21 Å². The number of hydrogen-bond acceptors (Lipinski definition) is 3. The number of aryl methyl sites for hydroxylation is 1. The first-order chi connectivity index (χ1) is 3.84. The SMILES string of the molecule is Cn1nncc1CO. The van der Waals surface area contributed by atoms with Gasteiger partial charge in [0.1, 0.15) is 0 Å². The third kappa shape index (κ3) is 0.696. The summed E-state index contributed by atoms with van der Waals surface area (Å²) in [5, 5.41) is 15.6. The second kappa shape index (κ2) is 1.92. The van der Waals surface area contributed by atoms with Crippen molar-refractivity contribution >= 4 is 0 Å². The van der Waals surface area contributed by atoms with E-state index in [9.17, 15) is 0 Å². The van der Waals surface area contributed by atoms with Crippen LogP contribution in [-0.4, -0.2) is 20.1 Å². The molecule has 1 rings (SSSR count). The minimum atomic E-state index is 0.00347. The normalized spacial score (nSPS) is 9.75. The number of aliphatic hydroxyl groups excluding tert-OH is 1. The maximum absolute atomic E-state index is 8.51. The third-order valence-corrected chi connectivity index (χ3v) is 0.970. The van der Waals surface area contributed by atoms with E-state index in [1.807, 2.05) is 0 Å². The molecule has 0 spiro atoms. The highest BCUT2D eigenvalue weighted by Gasteiger charge is 1.93. The van der Waals surface area contributed by atoms with E-state index in [0.717, 1.165) is 5.69 Å². The lowest BCUT2D eigenvalue weighted by molar-refractivity contribution is 0.270. The first-order valence-electron chi connectivity index (χ1n) is 2.29. The van der Waals surface area contributed by atoms with Crippen LogP contribution in [0, 0.1) is 0 Å². The summed E-state index contributed by atoms with van der Waals surface area (Å²) in [6.07, 6.45) is 1.53. The van der Waals surface area contributed by atoms with Crippen LogP contribution in [0.3, 0.4) is 0 Å². The van der Waals surface area contributed by atoms with E-state index < -0.39 is 0 Å². The Bertz CT molecular complexity index is 172. The smallest absolute Gasteiger partial charge is 0.0866 e. The van der Waals surface area contributed by atoms with Crippen LogP contribution in [-0.2, 0) is 13.7 Å². The number of aliphatic hydroxyl groups is 1. The van der Waals surface area contributed by atoms with Crippen molar-refractivity contribution in [3.63, 3.8) is 0 Å². The fraction of sp³-hybridized carbons (Fsp3) is 0.500. The molecule has 0 aromatic carbocycles. The van der Waals surface area contributed by atoms with Gasteiger partial charge in [0.15, 0.2) is 0 Å². The van der Waals surface area contributed by atoms with E-state index in [1.165, 1.54) is 10.9 Å². The van der Waals surface area contributed by atoms with Crippen LogP contribution < -0.4 is 0 Å². The Morgan fingerprint density at radius 2 is 2.62 bits per heavy atom. The molecule has 1 heterocycles. The average molecular weight is 113 g/mol. The van der Waals surface area contributed by atoms with Gasteiger partial charge in [-0.15, -0.1) is 5.10 Å². The number of hydrogen-bond donors (Lipinski definition) is 1. The lowest BCUT2D eigenvalue weighted by atomic mass is 10.5. The summed E-state index contributed by atoms with van der Waals surface area (Å²) in [6, 6.07) is 0. The predicted molar refractivity (Wildman–Crippen MR) is 26.9 cm³/mol. The van der Waals surface area contributed by atoms with Gasteiger partial charge in [-0.05, 0) is 0 Å². The van der Waals surface area contributed by atoms with Crippen molar-refractivity contribution in [3.8, 4) is 0 Å². The maximum Gasteiger partial charge on any atom is 0.0866 e. The molecule has 44 valence electrons. The molecular weight excluding hydrogens is 106 g/mol. The van der Waals surface area contributed by atoms with Crippen LogP contribution in [0.25, 0.3) is 0 Å². The summed E-state index contributed by atoms with van der Waals surface area (Å²) in [4.78, 5) is 0. The summed E-state index contributed by atoms with van der Waals surface area (Å²) in [6.45, 7) is 0.00347. The molecule has 0 aliphatic rings. The van der Waals surface area contributed by atoms with Gasteiger partial charge in [-0.3, -0.25) is 4.68 Å². The van der Waals surface area contributed by atoms with Crippen molar-refractivity contribution in [3.05, 3.63) is 11.9 Å². The van der Waals surface area contributed by atoms with E-state index in [-0.39, 0.29) is 6.61 Å². The van der Waals surface area contributed by atoms with Crippen molar-refractivity contribution in [2.75, 3.05) is 0 Å². The molecule has 0 atom stereocenters. The van der Waals surface area contributed by atoms with E-state index in [4.69, 9.17) is 5.11 Å². The zero-order valence-electron chi connectivity index (χ0n) is 4.57. The molecule has 0 aliphatic carbocycles. The molecule has 0 fully saturated rings. The molecule has 0 aliphatic heterocycles. The molecule has 4 nitrogen and oxygen atoms in total. The molecule has 0 saturated heterocycles. The Morgan fingerprint density at radius 1 is 1.88 bits per heavy atom. The van der Waals surface area contributed by atoms with E-state index in [2.05, 4.69) is 10.3 Å². The van der Waals surface area contributed by atoms with E-state index >= 15 is 0 Å². The Morgan fingerprint density at radius 3 is 2.88 bits per heavy atom. The summed E-state index contributed by atoms with van der Waals surface area (Å²) >= 11 is 0. The van der Waals surface area contributed by atoms with Crippen molar-refractivity contribution in [2.45, 2.75) is 6.61 Å². The van der Waals surface area contributed by atoms with E-state index in [1.54, 1.807) is 7.05 Å². The summed E-state index contributed by atoms with van der Waals surface area (Å²) in [5.41, 5.74) is 0.727. The molecular formula is C4H7N3O. The van der Waals surface area contributed by atoms with Crippen LogP contribution in [0.15, 0.2) is 6.20 Å². The Balaban J connectivity index is 2.92. The second-order valence-corrected chi connectivity index (χ2v) is 1.51. The number of aromatic nitrogens is 3. The topological polar surface area (TPSA) is 50.9 Å². The molecule has 8 heavy (non-hydrogen) atoms. The predicted octanol–water partition coefficient (Wildman–Crippen LogP) is -0.693. The van der Waals surface area contributed by atoms with Gasteiger partial charge in [0.05, 0.1) is 18.5 Å². The monoisotopic (exact) mass is 113 g/mol. The Labute approximate surface area is 46.8 Å². The zero-order chi connectivity index (χ0) is 5.98. The largest absolute Gasteiger partial charge is 0.390 e. The lowest BCUT2D eigenvalue weighted by Gasteiger charge is -1.89. The summed E-state index contributed by atoms with van der Waals surface area (Å²) in [5.74, 6) is 0. The highest BCUT2D eigenvalue weighted by Crippen LogP contribution is 1.89. The van der Waals surface area contributed by atoms with Crippen molar-refractivity contribution in [2.24, 2.45) is 7.05 Å². The van der Waals surface area contributed by atoms with Crippen molar-refractivity contribution in [1.82, 2.24) is 15.0 Å². The molecule has 1 aromatic rings. The standard InChI is InChI=1S/C4H7N3O/c1-7-4(3-8)2-5-6-7/h2,8H,3H2,1H3. The van der Waals surface area contributed by atoms with Gasteiger partial charge in [0.2, 0.25) is 0 Å². The molecule has 0 unspecified atom stereocenters. The lowest BCUT2D eigenvalue weighted by Crippen LogP contribution is -1.96. The van der Waals surface area contributed by atoms with Gasteiger partial charge >= 0.3 is 0 Å². The molecule has 1 aromatic heterocycles. The van der Waals surface area contributed by atoms with Gasteiger partial charge in [-0.2, -0.15) is 0 Å². The molecule has 4 heteroatoms. The highest BCUT2D eigenvalue weighted by molar-refractivity contribution is 4.89. The molecule has 0 bridgehead atoms. The Kier molecular flexibility index (Phi) is 1.26. The highest BCUT2D eigenvalue weighted by atomic mass is 16.3. The van der Waals surface area contributed by atoms with Gasteiger partial charge in [0.25, 0.3) is 0 Å². The van der Waals surface area contributed by atoms with Crippen LogP contribution in [0.5, 0.6) is 0 Å². The quantitative estimate of drug-likeness (QED) is 0.524. The fourth-order valence-corrected chi connectivity index (χ4v) is 0.454. The summed E-state index contributed by atoms with van der Waals surface area (Å²) < 4.78 is 1.53. The van der Waals surface area contributed by atoms with Gasteiger partial charge in [0, 0.05) is 7.05 Å². The molecule has 0 radical (unpaired) electrons. The fourth-order valence-electron chi connectivity index (χ4n) is 0.454. The van der Waals surface area contributed by atoms with Crippen LogP contribution >= 0.6 is 0 Å².